The van der Waals surface area contributed by atoms with Crippen LogP contribution in [0.25, 0.3) is 0 Å². The molecule has 4 N–H and O–H groups in total. The number of rotatable bonds is 11. The lowest BCUT2D eigenvalue weighted by molar-refractivity contribution is -0.147. The van der Waals surface area contributed by atoms with E-state index in [1.807, 2.05) is 5.32 Å². The number of ether oxygens (including phenoxy) is 2. The van der Waals surface area contributed by atoms with Crippen molar-refractivity contribution >= 4 is 29.9 Å². The van der Waals surface area contributed by atoms with E-state index in [0.29, 0.717) is 5.56 Å². The summed E-state index contributed by atoms with van der Waals surface area (Å²) in [5, 5.41) is 22.1. The molecule has 0 saturated carbocycles. The molecule has 2 amide bonds. The predicted octanol–water partition coefficient (Wildman–Crippen LogP) is 0.279. The number of carboxylic acids is 2. The van der Waals surface area contributed by atoms with Crippen molar-refractivity contribution in [1.29, 1.82) is 0 Å². The third kappa shape index (κ3) is 9.22. The standard InChI is InChI=1S/C18H22N2O9/c1-28-15(23)8-7-12(16(24)19-13(17(25)26)9-14(21)22)20-18(27)29-10-11-5-3-2-4-6-11/h2-6,12-13H,7-10H2,1H3,(H,19,24)(H,20,27)(H,21,22)(H,25,26)/t12-,13-/m0/s1. The van der Waals surface area contributed by atoms with Gasteiger partial charge in [-0.05, 0) is 12.0 Å². The normalized spacial score (nSPS) is 12.2. The van der Waals surface area contributed by atoms with Crippen LogP contribution in [0.4, 0.5) is 4.79 Å². The van der Waals surface area contributed by atoms with E-state index in [4.69, 9.17) is 14.9 Å². The van der Waals surface area contributed by atoms with Gasteiger partial charge in [-0.25, -0.2) is 9.59 Å². The van der Waals surface area contributed by atoms with Gasteiger partial charge in [0.15, 0.2) is 0 Å². The Morgan fingerprint density at radius 2 is 1.66 bits per heavy atom. The number of benzene rings is 1. The van der Waals surface area contributed by atoms with E-state index in [9.17, 15) is 24.0 Å². The SMILES string of the molecule is COC(=O)CC[C@H](NC(=O)OCc1ccccc1)C(=O)N[C@@H](CC(=O)O)C(=O)O. The quantitative estimate of drug-likeness (QED) is 0.374. The number of alkyl carbamates (subject to hydrolysis) is 1. The molecule has 2 atom stereocenters. The Morgan fingerprint density at radius 1 is 1.00 bits per heavy atom. The second-order valence-corrected chi connectivity index (χ2v) is 5.87. The highest BCUT2D eigenvalue weighted by Crippen LogP contribution is 2.05. The number of hydrogen-bond acceptors (Lipinski definition) is 7. The van der Waals surface area contributed by atoms with Crippen LogP contribution >= 0.6 is 0 Å². The topological polar surface area (TPSA) is 168 Å². The third-order valence-electron chi connectivity index (χ3n) is 3.68. The lowest BCUT2D eigenvalue weighted by Gasteiger charge is -2.20. The molecule has 1 aromatic rings. The molecular weight excluding hydrogens is 388 g/mol. The van der Waals surface area contributed by atoms with E-state index in [2.05, 4.69) is 10.1 Å². The molecule has 0 bridgehead atoms. The Labute approximate surface area is 166 Å². The van der Waals surface area contributed by atoms with Crippen LogP contribution < -0.4 is 10.6 Å². The maximum Gasteiger partial charge on any atom is 0.408 e. The van der Waals surface area contributed by atoms with Crippen molar-refractivity contribution in [3.8, 4) is 0 Å². The van der Waals surface area contributed by atoms with Crippen molar-refractivity contribution in [2.45, 2.75) is 38.0 Å². The van der Waals surface area contributed by atoms with Crippen molar-refractivity contribution < 1.29 is 43.7 Å². The maximum absolute atomic E-state index is 12.4. The van der Waals surface area contributed by atoms with Crippen LogP contribution in [0, 0.1) is 0 Å². The Balaban J connectivity index is 2.75. The summed E-state index contributed by atoms with van der Waals surface area (Å²) in [4.78, 5) is 57.6. The molecule has 1 aromatic carbocycles. The molecule has 0 unspecified atom stereocenters. The monoisotopic (exact) mass is 410 g/mol. The minimum Gasteiger partial charge on any atom is -0.481 e. The molecule has 0 radical (unpaired) electrons. The lowest BCUT2D eigenvalue weighted by atomic mass is 10.1. The second-order valence-electron chi connectivity index (χ2n) is 5.87. The van der Waals surface area contributed by atoms with Crippen LogP contribution in [-0.2, 0) is 35.3 Å². The van der Waals surface area contributed by atoms with Gasteiger partial charge in [0.2, 0.25) is 5.91 Å². The summed E-state index contributed by atoms with van der Waals surface area (Å²) < 4.78 is 9.48. The molecule has 0 spiro atoms. The molecule has 0 fully saturated rings. The highest BCUT2D eigenvalue weighted by Gasteiger charge is 2.29. The molecule has 0 heterocycles. The number of amides is 2. The summed E-state index contributed by atoms with van der Waals surface area (Å²) in [6, 6.07) is 5.67. The van der Waals surface area contributed by atoms with E-state index in [1.165, 1.54) is 0 Å². The average Bonchev–Trinajstić information content (AvgIpc) is 2.68. The zero-order chi connectivity index (χ0) is 21.8. The molecule has 29 heavy (non-hydrogen) atoms. The van der Waals surface area contributed by atoms with Gasteiger partial charge in [0.1, 0.15) is 18.7 Å². The first kappa shape index (κ1) is 23.4. The van der Waals surface area contributed by atoms with E-state index < -0.39 is 48.4 Å². The molecule has 158 valence electrons. The number of methoxy groups -OCH3 is 1. The molecule has 11 nitrogen and oxygen atoms in total. The minimum atomic E-state index is -1.71. The average molecular weight is 410 g/mol. The van der Waals surface area contributed by atoms with Crippen molar-refractivity contribution in [2.24, 2.45) is 0 Å². The number of carbonyl (C=O) groups is 5. The molecule has 0 aliphatic rings. The van der Waals surface area contributed by atoms with E-state index >= 15 is 0 Å². The Hall–Kier alpha value is -3.63. The predicted molar refractivity (Wildman–Crippen MR) is 96.6 cm³/mol. The highest BCUT2D eigenvalue weighted by molar-refractivity contribution is 5.91. The number of hydrogen-bond donors (Lipinski definition) is 4. The smallest absolute Gasteiger partial charge is 0.408 e. The van der Waals surface area contributed by atoms with Gasteiger partial charge in [0.25, 0.3) is 0 Å². The zero-order valence-corrected chi connectivity index (χ0v) is 15.6. The first-order valence-corrected chi connectivity index (χ1v) is 8.52. The molecule has 0 aliphatic heterocycles. The Kier molecular flexibility index (Phi) is 9.65. The van der Waals surface area contributed by atoms with Crippen LogP contribution in [-0.4, -0.2) is 59.3 Å². The first-order chi connectivity index (χ1) is 13.7. The van der Waals surface area contributed by atoms with Gasteiger partial charge in [0, 0.05) is 6.42 Å². The molecule has 0 aliphatic carbocycles. The maximum atomic E-state index is 12.4. The second kappa shape index (κ2) is 12.0. The largest absolute Gasteiger partial charge is 0.481 e. The molecule has 0 aromatic heterocycles. The summed E-state index contributed by atoms with van der Waals surface area (Å²) in [6.45, 7) is -0.0746. The number of aliphatic carboxylic acids is 2. The fourth-order valence-electron chi connectivity index (χ4n) is 2.19. The lowest BCUT2D eigenvalue weighted by Crippen LogP contribution is -2.52. The summed E-state index contributed by atoms with van der Waals surface area (Å²) in [7, 11) is 1.15. The van der Waals surface area contributed by atoms with Gasteiger partial charge < -0.3 is 30.3 Å². The zero-order valence-electron chi connectivity index (χ0n) is 15.6. The number of carboxylic acid groups (broad SMARTS) is 2. The van der Waals surface area contributed by atoms with E-state index in [1.54, 1.807) is 30.3 Å². The Morgan fingerprint density at radius 3 is 2.21 bits per heavy atom. The summed E-state index contributed by atoms with van der Waals surface area (Å²) in [5.41, 5.74) is 0.700. The fraction of sp³-hybridized carbons (Fsp3) is 0.389. The van der Waals surface area contributed by atoms with Gasteiger partial charge in [-0.2, -0.15) is 0 Å². The van der Waals surface area contributed by atoms with Gasteiger partial charge in [0.05, 0.1) is 13.5 Å². The molecule has 11 heteroatoms. The summed E-state index contributed by atoms with van der Waals surface area (Å²) in [6.07, 6.45) is -2.28. The Bertz CT molecular complexity index is 736. The minimum absolute atomic E-state index is 0.0746. The molecule has 1 rings (SSSR count). The van der Waals surface area contributed by atoms with Crippen LogP contribution in [0.2, 0.25) is 0 Å². The molecular formula is C18H22N2O9. The summed E-state index contributed by atoms with van der Waals surface area (Å²) >= 11 is 0. The van der Waals surface area contributed by atoms with E-state index in [0.717, 1.165) is 7.11 Å². The molecule has 0 saturated heterocycles. The van der Waals surface area contributed by atoms with Crippen molar-refractivity contribution in [3.63, 3.8) is 0 Å². The van der Waals surface area contributed by atoms with Gasteiger partial charge in [-0.1, -0.05) is 30.3 Å². The number of nitrogens with one attached hydrogen (secondary N) is 2. The van der Waals surface area contributed by atoms with Crippen molar-refractivity contribution in [2.75, 3.05) is 7.11 Å². The van der Waals surface area contributed by atoms with Crippen LogP contribution in [0.1, 0.15) is 24.8 Å². The van der Waals surface area contributed by atoms with Gasteiger partial charge in [-0.15, -0.1) is 0 Å². The van der Waals surface area contributed by atoms with Gasteiger partial charge in [-0.3, -0.25) is 14.4 Å². The van der Waals surface area contributed by atoms with E-state index in [-0.39, 0.29) is 19.4 Å². The van der Waals surface area contributed by atoms with Crippen LogP contribution in [0.15, 0.2) is 30.3 Å². The van der Waals surface area contributed by atoms with Crippen molar-refractivity contribution in [3.05, 3.63) is 35.9 Å². The number of esters is 1. The highest BCUT2D eigenvalue weighted by atomic mass is 16.5. The van der Waals surface area contributed by atoms with Crippen LogP contribution in [0.5, 0.6) is 0 Å². The fourth-order valence-corrected chi connectivity index (χ4v) is 2.19. The van der Waals surface area contributed by atoms with Crippen molar-refractivity contribution in [1.82, 2.24) is 10.6 Å². The number of carbonyl (C=O) groups excluding carboxylic acids is 3. The third-order valence-corrected chi connectivity index (χ3v) is 3.68. The van der Waals surface area contributed by atoms with Crippen LogP contribution in [0.3, 0.4) is 0 Å². The summed E-state index contributed by atoms with van der Waals surface area (Å²) in [5.74, 6) is -4.61. The first-order valence-electron chi connectivity index (χ1n) is 8.52. The van der Waals surface area contributed by atoms with Gasteiger partial charge >= 0.3 is 24.0 Å².